The van der Waals surface area contributed by atoms with Gasteiger partial charge in [0, 0.05) is 25.0 Å². The average molecular weight is 203 g/mol. The Morgan fingerprint density at radius 2 is 2.27 bits per heavy atom. The van der Waals surface area contributed by atoms with Crippen molar-refractivity contribution in [2.75, 3.05) is 0 Å². The molecule has 2 rings (SSSR count). The van der Waals surface area contributed by atoms with Gasteiger partial charge < -0.3 is 9.13 Å². The minimum absolute atomic E-state index is 0.0544. The number of aromatic nitrogens is 3. The lowest BCUT2D eigenvalue weighted by Gasteiger charge is -2.06. The fourth-order valence-electron chi connectivity index (χ4n) is 1.49. The lowest BCUT2D eigenvalue weighted by atomic mass is 10.3. The Morgan fingerprint density at radius 3 is 2.93 bits per heavy atom. The van der Waals surface area contributed by atoms with Gasteiger partial charge in [-0.2, -0.15) is 0 Å². The molecule has 0 unspecified atom stereocenters. The first-order valence-corrected chi connectivity index (χ1v) is 4.80. The minimum Gasteiger partial charge on any atom is -0.336 e. The first-order valence-electron chi connectivity index (χ1n) is 4.80. The van der Waals surface area contributed by atoms with Crippen molar-refractivity contribution in [3.63, 3.8) is 0 Å². The van der Waals surface area contributed by atoms with Gasteiger partial charge >= 0.3 is 0 Å². The second-order valence-electron chi connectivity index (χ2n) is 3.62. The van der Waals surface area contributed by atoms with E-state index in [4.69, 9.17) is 0 Å². The molecule has 4 heteroatoms. The molecule has 4 nitrogen and oxygen atoms in total. The standard InChI is InChI=1S/C11H13N3O/c1-9-4-3-5-14(11(9)15)7-10-6-12-8-13(10)2/h3-6,8H,7H2,1-2H3. The Balaban J connectivity index is 2.37. The molecule has 0 amide bonds. The molecule has 0 radical (unpaired) electrons. The van der Waals surface area contributed by atoms with Crippen molar-refractivity contribution in [3.05, 3.63) is 52.5 Å². The van der Waals surface area contributed by atoms with E-state index in [-0.39, 0.29) is 5.56 Å². The molecule has 0 N–H and O–H groups in total. The summed E-state index contributed by atoms with van der Waals surface area (Å²) in [6.45, 7) is 2.39. The predicted molar refractivity (Wildman–Crippen MR) is 57.7 cm³/mol. The number of nitrogens with zero attached hydrogens (tertiary/aromatic N) is 3. The van der Waals surface area contributed by atoms with Crippen LogP contribution in [0, 0.1) is 6.92 Å². The molecule has 0 aromatic carbocycles. The van der Waals surface area contributed by atoms with Gasteiger partial charge in [0.25, 0.3) is 5.56 Å². The molecule has 0 atom stereocenters. The fourth-order valence-corrected chi connectivity index (χ4v) is 1.49. The highest BCUT2D eigenvalue weighted by atomic mass is 16.1. The van der Waals surface area contributed by atoms with E-state index >= 15 is 0 Å². The Labute approximate surface area is 87.8 Å². The second-order valence-corrected chi connectivity index (χ2v) is 3.62. The molecule has 2 aromatic rings. The number of hydrogen-bond donors (Lipinski definition) is 0. The molecular weight excluding hydrogens is 190 g/mol. The number of imidazole rings is 1. The van der Waals surface area contributed by atoms with Gasteiger partial charge in [0.05, 0.1) is 18.6 Å². The highest BCUT2D eigenvalue weighted by Gasteiger charge is 2.02. The van der Waals surface area contributed by atoms with Gasteiger partial charge in [-0.25, -0.2) is 4.98 Å². The monoisotopic (exact) mass is 203 g/mol. The van der Waals surface area contributed by atoms with Crippen molar-refractivity contribution in [1.29, 1.82) is 0 Å². The van der Waals surface area contributed by atoms with E-state index in [9.17, 15) is 4.79 Å². The normalized spacial score (nSPS) is 10.5. The predicted octanol–water partition coefficient (Wildman–Crippen LogP) is 0.939. The molecule has 0 bridgehead atoms. The van der Waals surface area contributed by atoms with Crippen molar-refractivity contribution in [1.82, 2.24) is 14.1 Å². The van der Waals surface area contributed by atoms with Crippen LogP contribution in [0.3, 0.4) is 0 Å². The van der Waals surface area contributed by atoms with Crippen LogP contribution in [0.25, 0.3) is 0 Å². The van der Waals surface area contributed by atoms with Crippen LogP contribution in [0.5, 0.6) is 0 Å². The Morgan fingerprint density at radius 1 is 1.47 bits per heavy atom. The first kappa shape index (κ1) is 9.71. The second kappa shape index (κ2) is 3.73. The van der Waals surface area contributed by atoms with Gasteiger partial charge in [-0.1, -0.05) is 6.07 Å². The molecule has 0 saturated carbocycles. The Hall–Kier alpha value is -1.84. The van der Waals surface area contributed by atoms with E-state index in [0.29, 0.717) is 6.54 Å². The molecule has 0 aliphatic carbocycles. The van der Waals surface area contributed by atoms with Crippen LogP contribution >= 0.6 is 0 Å². The van der Waals surface area contributed by atoms with Crippen molar-refractivity contribution in [2.24, 2.45) is 7.05 Å². The zero-order valence-corrected chi connectivity index (χ0v) is 8.84. The quantitative estimate of drug-likeness (QED) is 0.728. The maximum absolute atomic E-state index is 11.7. The van der Waals surface area contributed by atoms with Crippen molar-refractivity contribution >= 4 is 0 Å². The van der Waals surface area contributed by atoms with Crippen LogP contribution in [0.2, 0.25) is 0 Å². The lowest BCUT2D eigenvalue weighted by Crippen LogP contribution is -2.22. The van der Waals surface area contributed by atoms with Gasteiger partial charge in [-0.05, 0) is 13.0 Å². The van der Waals surface area contributed by atoms with Gasteiger partial charge in [-0.15, -0.1) is 0 Å². The SMILES string of the molecule is Cc1cccn(Cc2cncn2C)c1=O. The van der Waals surface area contributed by atoms with E-state index < -0.39 is 0 Å². The van der Waals surface area contributed by atoms with E-state index in [1.165, 1.54) is 0 Å². The topological polar surface area (TPSA) is 39.8 Å². The lowest BCUT2D eigenvalue weighted by molar-refractivity contribution is 0.696. The third-order valence-electron chi connectivity index (χ3n) is 2.46. The summed E-state index contributed by atoms with van der Waals surface area (Å²) in [4.78, 5) is 15.8. The third kappa shape index (κ3) is 1.83. The minimum atomic E-state index is 0.0544. The zero-order chi connectivity index (χ0) is 10.8. The summed E-state index contributed by atoms with van der Waals surface area (Å²) in [6.07, 6.45) is 5.30. The number of rotatable bonds is 2. The highest BCUT2D eigenvalue weighted by Crippen LogP contribution is 1.99. The summed E-state index contributed by atoms with van der Waals surface area (Å²) < 4.78 is 3.60. The fraction of sp³-hybridized carbons (Fsp3) is 0.273. The summed E-state index contributed by atoms with van der Waals surface area (Å²) in [5, 5.41) is 0. The zero-order valence-electron chi connectivity index (χ0n) is 8.84. The molecule has 2 aromatic heterocycles. The van der Waals surface area contributed by atoms with Gasteiger partial charge in [0.2, 0.25) is 0 Å². The molecular formula is C11H13N3O. The third-order valence-corrected chi connectivity index (χ3v) is 2.46. The molecule has 2 heterocycles. The summed E-state index contributed by atoms with van der Waals surface area (Å²) in [6, 6.07) is 3.70. The van der Waals surface area contributed by atoms with Gasteiger partial charge in [-0.3, -0.25) is 4.79 Å². The van der Waals surface area contributed by atoms with E-state index in [2.05, 4.69) is 4.98 Å². The Bertz CT molecular complexity index is 525. The maximum atomic E-state index is 11.7. The summed E-state index contributed by atoms with van der Waals surface area (Å²) in [7, 11) is 1.92. The number of hydrogen-bond acceptors (Lipinski definition) is 2. The van der Waals surface area contributed by atoms with E-state index in [1.807, 2.05) is 30.7 Å². The molecule has 0 spiro atoms. The smallest absolute Gasteiger partial charge is 0.253 e. The summed E-state index contributed by atoms with van der Waals surface area (Å²) in [5.74, 6) is 0. The molecule has 15 heavy (non-hydrogen) atoms. The first-order chi connectivity index (χ1) is 7.18. The van der Waals surface area contributed by atoms with Crippen LogP contribution in [0.15, 0.2) is 35.6 Å². The van der Waals surface area contributed by atoms with Crippen molar-refractivity contribution in [3.8, 4) is 0 Å². The van der Waals surface area contributed by atoms with Crippen LogP contribution in [-0.4, -0.2) is 14.1 Å². The highest BCUT2D eigenvalue weighted by molar-refractivity contribution is 5.09. The molecule has 0 aliphatic rings. The summed E-state index contributed by atoms with van der Waals surface area (Å²) >= 11 is 0. The van der Waals surface area contributed by atoms with E-state index in [0.717, 1.165) is 11.3 Å². The van der Waals surface area contributed by atoms with Crippen molar-refractivity contribution < 1.29 is 0 Å². The molecule has 0 saturated heterocycles. The van der Waals surface area contributed by atoms with Gasteiger partial charge in [0.1, 0.15) is 0 Å². The van der Waals surface area contributed by atoms with E-state index in [1.54, 1.807) is 23.3 Å². The van der Waals surface area contributed by atoms with Crippen LogP contribution in [-0.2, 0) is 13.6 Å². The Kier molecular flexibility index (Phi) is 2.41. The largest absolute Gasteiger partial charge is 0.336 e. The number of pyridine rings is 1. The van der Waals surface area contributed by atoms with Gasteiger partial charge in [0.15, 0.2) is 0 Å². The molecule has 0 aliphatic heterocycles. The van der Waals surface area contributed by atoms with Crippen molar-refractivity contribution in [2.45, 2.75) is 13.5 Å². The molecule has 78 valence electrons. The average Bonchev–Trinajstić information content (AvgIpc) is 2.60. The van der Waals surface area contributed by atoms with Crippen LogP contribution in [0.1, 0.15) is 11.3 Å². The molecule has 0 fully saturated rings. The van der Waals surface area contributed by atoms with Crippen LogP contribution in [0.4, 0.5) is 0 Å². The number of aryl methyl sites for hydroxylation is 2. The maximum Gasteiger partial charge on any atom is 0.253 e. The summed E-state index contributed by atoms with van der Waals surface area (Å²) in [5.41, 5.74) is 1.83. The van der Waals surface area contributed by atoms with Crippen LogP contribution < -0.4 is 5.56 Å².